The first-order valence-electron chi connectivity index (χ1n) is 6.25. The summed E-state index contributed by atoms with van der Waals surface area (Å²) in [7, 11) is 0. The van der Waals surface area contributed by atoms with Gasteiger partial charge in [-0.1, -0.05) is 0 Å². The fourth-order valence-electron chi connectivity index (χ4n) is 1.63. The Bertz CT molecular complexity index is 699. The molecule has 6 nitrogen and oxygen atoms in total. The van der Waals surface area contributed by atoms with Gasteiger partial charge < -0.3 is 31.5 Å². The van der Waals surface area contributed by atoms with Crippen molar-refractivity contribution in [1.29, 1.82) is 0 Å². The number of aromatic hydroxyl groups is 2. The summed E-state index contributed by atoms with van der Waals surface area (Å²) in [5.74, 6) is 0.405. The van der Waals surface area contributed by atoms with Gasteiger partial charge in [-0.05, 0) is 115 Å². The fourth-order valence-corrected chi connectivity index (χ4v) is 5.56. The van der Waals surface area contributed by atoms with E-state index in [1.54, 1.807) is 12.1 Å². The van der Waals surface area contributed by atoms with E-state index < -0.39 is 0 Å². The van der Waals surface area contributed by atoms with Crippen molar-refractivity contribution in [1.82, 2.24) is 0 Å². The Morgan fingerprint density at radius 1 is 0.720 bits per heavy atom. The Morgan fingerprint density at radius 3 is 1.32 bits per heavy atom. The number of hydrogen-bond acceptors (Lipinski definition) is 4. The van der Waals surface area contributed by atoms with Crippen molar-refractivity contribution in [3.63, 3.8) is 0 Å². The van der Waals surface area contributed by atoms with Crippen LogP contribution in [0.1, 0.15) is 11.1 Å². The predicted octanol–water partition coefficient (Wildman–Crippen LogP) is 6.24. The van der Waals surface area contributed by atoms with Crippen LogP contribution < -0.4 is 0 Å². The zero-order valence-corrected chi connectivity index (χ0v) is 24.2. The van der Waals surface area contributed by atoms with Gasteiger partial charge in [-0.15, -0.1) is 0 Å². The first kappa shape index (κ1) is 25.8. The molecule has 2 aromatic carbocycles. The minimum atomic E-state index is 0. The minimum absolute atomic E-state index is 0. The van der Waals surface area contributed by atoms with Crippen LogP contribution in [0.2, 0.25) is 0 Å². The van der Waals surface area contributed by atoms with Gasteiger partial charge >= 0.3 is 19.5 Å². The van der Waals surface area contributed by atoms with E-state index in [4.69, 9.17) is 11.1 Å². The molecular formula is C14H10I4N4O2Zn. The molecular weight excluding hydrogens is 829 g/mol. The summed E-state index contributed by atoms with van der Waals surface area (Å²) in [5, 5.41) is 24.9. The molecule has 0 atom stereocenters. The van der Waals surface area contributed by atoms with E-state index in [9.17, 15) is 10.2 Å². The first-order chi connectivity index (χ1) is 11.3. The van der Waals surface area contributed by atoms with Gasteiger partial charge in [0, 0.05) is 31.4 Å². The van der Waals surface area contributed by atoms with Crippen molar-refractivity contribution in [3.8, 4) is 11.5 Å². The fraction of sp³-hybridized carbons (Fsp3) is 0.143. The number of nitrogens with zero attached hydrogens (tertiary/aromatic N) is 4. The summed E-state index contributed by atoms with van der Waals surface area (Å²) in [4.78, 5) is 0. The van der Waals surface area contributed by atoms with E-state index in [1.807, 2.05) is 57.3 Å². The Morgan fingerprint density at radius 2 is 1.04 bits per heavy atom. The van der Waals surface area contributed by atoms with Gasteiger partial charge in [0.1, 0.15) is 11.5 Å². The van der Waals surface area contributed by atoms with Gasteiger partial charge in [-0.3, -0.25) is 0 Å². The number of phenolic OH excluding ortho intramolecular Hbond substituents is 2. The van der Waals surface area contributed by atoms with Crippen LogP contribution in [0.15, 0.2) is 34.5 Å². The average Bonchev–Trinajstić information content (AvgIpc) is 2.50. The maximum Gasteiger partial charge on any atom is 2.00 e. The number of halogens is 4. The molecule has 0 aliphatic carbocycles. The number of benzene rings is 2. The number of hydrogen-bond donors (Lipinski definition) is 2. The topological polar surface area (TPSA) is 110 Å². The predicted molar refractivity (Wildman–Crippen MR) is 126 cm³/mol. The average molecular weight is 839 g/mol. The quantitative estimate of drug-likeness (QED) is 0.216. The third-order valence-corrected chi connectivity index (χ3v) is 5.59. The molecule has 25 heavy (non-hydrogen) atoms. The monoisotopic (exact) mass is 838 g/mol. The molecule has 0 fully saturated rings. The van der Waals surface area contributed by atoms with Crippen LogP contribution in [0.5, 0.6) is 11.5 Å². The molecule has 0 heterocycles. The van der Waals surface area contributed by atoms with Crippen molar-refractivity contribution < 1.29 is 29.7 Å². The Balaban J connectivity index is 0.000000443. The second kappa shape index (κ2) is 13.0. The molecule has 0 spiro atoms. The molecule has 0 aliphatic rings. The van der Waals surface area contributed by atoms with Crippen molar-refractivity contribution >= 4 is 90.4 Å². The van der Waals surface area contributed by atoms with E-state index in [-0.39, 0.29) is 44.1 Å². The summed E-state index contributed by atoms with van der Waals surface area (Å²) in [6.07, 6.45) is 0. The molecule has 2 aromatic rings. The molecule has 2 N–H and O–H groups in total. The van der Waals surface area contributed by atoms with Crippen LogP contribution >= 0.6 is 90.4 Å². The molecule has 0 aliphatic heterocycles. The number of rotatable bonds is 4. The zero-order valence-electron chi connectivity index (χ0n) is 12.6. The molecule has 0 radical (unpaired) electrons. The molecule has 0 aromatic heterocycles. The van der Waals surface area contributed by atoms with Gasteiger partial charge in [-0.2, -0.15) is 0 Å². The van der Waals surface area contributed by atoms with E-state index in [0.29, 0.717) is 11.1 Å². The molecule has 0 saturated carbocycles. The Labute approximate surface area is 212 Å². The summed E-state index contributed by atoms with van der Waals surface area (Å²) in [6, 6.07) is 7.30. The van der Waals surface area contributed by atoms with Gasteiger partial charge in [0.15, 0.2) is 0 Å². The zero-order chi connectivity index (χ0) is 18.3. The molecule has 11 heteroatoms. The van der Waals surface area contributed by atoms with Crippen molar-refractivity contribution in [2.45, 2.75) is 13.1 Å². The second-order valence-electron chi connectivity index (χ2n) is 4.39. The van der Waals surface area contributed by atoms with Gasteiger partial charge in [0.05, 0.1) is 7.14 Å². The maximum absolute atomic E-state index is 9.47. The smallest absolute Gasteiger partial charge is 0.712 e. The Kier molecular flexibility index (Phi) is 13.5. The second-order valence-corrected chi connectivity index (χ2v) is 9.21. The van der Waals surface area contributed by atoms with Gasteiger partial charge in [0.25, 0.3) is 0 Å². The van der Waals surface area contributed by atoms with Crippen LogP contribution in [0.25, 0.3) is 11.1 Å². The summed E-state index contributed by atoms with van der Waals surface area (Å²) < 4.78 is 3.60. The van der Waals surface area contributed by atoms with Crippen LogP contribution in [0, 0.1) is 14.3 Å². The Hall–Kier alpha value is 0.783. The minimum Gasteiger partial charge on any atom is -0.712 e. The van der Waals surface area contributed by atoms with Crippen LogP contribution in [-0.4, -0.2) is 10.2 Å². The third kappa shape index (κ3) is 8.55. The normalized spacial score (nSPS) is 9.44. The van der Waals surface area contributed by atoms with Crippen LogP contribution in [0.4, 0.5) is 0 Å². The SMILES string of the molecule is [N-]=NCc1cc(I)cc(I)c1O.[N-]=NCc1cc(I)cc(I)c1O.[Zn+2]. The molecule has 2 rings (SSSR count). The molecule has 0 unspecified atom stereocenters. The van der Waals surface area contributed by atoms with Crippen molar-refractivity contribution in [2.24, 2.45) is 10.2 Å². The largest absolute Gasteiger partial charge is 2.00 e. The van der Waals surface area contributed by atoms with E-state index in [1.165, 1.54) is 0 Å². The summed E-state index contributed by atoms with van der Waals surface area (Å²) in [6.45, 7) is 0.275. The molecule has 0 amide bonds. The van der Waals surface area contributed by atoms with Crippen molar-refractivity contribution in [2.75, 3.05) is 0 Å². The van der Waals surface area contributed by atoms with E-state index in [2.05, 4.69) is 55.4 Å². The van der Waals surface area contributed by atoms with Gasteiger partial charge in [0.2, 0.25) is 0 Å². The van der Waals surface area contributed by atoms with Crippen LogP contribution in [0.3, 0.4) is 0 Å². The van der Waals surface area contributed by atoms with E-state index in [0.717, 1.165) is 14.3 Å². The molecule has 128 valence electrons. The number of phenols is 2. The first-order valence-corrected chi connectivity index (χ1v) is 10.6. The van der Waals surface area contributed by atoms with E-state index >= 15 is 0 Å². The maximum atomic E-state index is 9.47. The van der Waals surface area contributed by atoms with Crippen molar-refractivity contribution in [3.05, 3.63) is 60.7 Å². The molecule has 0 saturated heterocycles. The summed E-state index contributed by atoms with van der Waals surface area (Å²) in [5.41, 5.74) is 18.0. The summed E-state index contributed by atoms with van der Waals surface area (Å²) >= 11 is 8.37. The standard InChI is InChI=1S/2C7H5I2N2O.Zn/c2*8-5-1-4(3-11-10)7(12)6(9)2-5;/h2*1-2,12H,3H2;/q2*-1;+2. The van der Waals surface area contributed by atoms with Gasteiger partial charge in [-0.25, -0.2) is 0 Å². The third-order valence-electron chi connectivity index (χ3n) is 2.70. The molecule has 0 bridgehead atoms. The van der Waals surface area contributed by atoms with Crippen LogP contribution in [-0.2, 0) is 32.6 Å².